The minimum atomic E-state index is -0.876. The Balaban J connectivity index is 2.50. The summed E-state index contributed by atoms with van der Waals surface area (Å²) in [5.74, 6) is 0. The number of fused-ring (bicyclic) bond motifs is 1. The van der Waals surface area contributed by atoms with Crippen molar-refractivity contribution >= 4 is 28.9 Å². The van der Waals surface area contributed by atoms with Crippen molar-refractivity contribution in [3.05, 3.63) is 27.7 Å². The average molecular weight is 261 g/mol. The average Bonchev–Trinajstić information content (AvgIpc) is 2.23. The molecule has 0 aliphatic carbocycles. The maximum absolute atomic E-state index is 10.2. The topological polar surface area (TPSA) is 49.5 Å². The lowest BCUT2D eigenvalue weighted by atomic mass is 9.89. The number of nitrogens with zero attached hydrogens (tertiary/aromatic N) is 1. The lowest BCUT2D eigenvalue weighted by Gasteiger charge is -2.39. The van der Waals surface area contributed by atoms with Crippen LogP contribution in [0.1, 0.15) is 5.56 Å². The Morgan fingerprint density at radius 1 is 1.50 bits per heavy atom. The third kappa shape index (κ3) is 1.89. The van der Waals surface area contributed by atoms with Gasteiger partial charge in [0.1, 0.15) is 0 Å². The van der Waals surface area contributed by atoms with Gasteiger partial charge in [0, 0.05) is 26.6 Å². The van der Waals surface area contributed by atoms with E-state index in [0.29, 0.717) is 23.0 Å². The monoisotopic (exact) mass is 260 g/mol. The fourth-order valence-corrected chi connectivity index (χ4v) is 2.68. The molecule has 0 saturated carbocycles. The molecule has 0 aromatic heterocycles. The zero-order valence-electron chi connectivity index (χ0n) is 9.00. The lowest BCUT2D eigenvalue weighted by molar-refractivity contribution is 0.0535. The number of rotatable bonds is 1. The summed E-state index contributed by atoms with van der Waals surface area (Å²) in [6.07, 6.45) is 0.514. The fraction of sp³-hybridized carbons (Fsp3) is 0.455. The van der Waals surface area contributed by atoms with E-state index in [1.807, 2.05) is 18.0 Å². The van der Waals surface area contributed by atoms with Crippen LogP contribution in [0.3, 0.4) is 0 Å². The quantitative estimate of drug-likeness (QED) is 0.808. The molecule has 16 heavy (non-hydrogen) atoms. The van der Waals surface area contributed by atoms with Crippen LogP contribution in [0.4, 0.5) is 5.69 Å². The Morgan fingerprint density at radius 3 is 2.81 bits per heavy atom. The molecule has 0 saturated heterocycles. The highest BCUT2D eigenvalue weighted by molar-refractivity contribution is 6.43. The first kappa shape index (κ1) is 12.0. The van der Waals surface area contributed by atoms with E-state index >= 15 is 0 Å². The number of β-amino-alcohol motifs (C(OH)–C–C–N with tert-alkyl or cyclic N) is 1. The van der Waals surface area contributed by atoms with Gasteiger partial charge in [-0.15, -0.1) is 0 Å². The smallest absolute Gasteiger partial charge is 0.0983 e. The van der Waals surface area contributed by atoms with Gasteiger partial charge >= 0.3 is 0 Å². The summed E-state index contributed by atoms with van der Waals surface area (Å²) in [5.41, 5.74) is 6.59. The molecular weight excluding hydrogens is 247 g/mol. The molecule has 1 aromatic carbocycles. The van der Waals surface area contributed by atoms with Crippen LogP contribution >= 0.6 is 23.2 Å². The van der Waals surface area contributed by atoms with E-state index in [1.54, 1.807) is 6.07 Å². The summed E-state index contributed by atoms with van der Waals surface area (Å²) in [4.78, 5) is 1.90. The minimum Gasteiger partial charge on any atom is -0.386 e. The largest absolute Gasteiger partial charge is 0.386 e. The number of hydrogen-bond acceptors (Lipinski definition) is 3. The van der Waals surface area contributed by atoms with Gasteiger partial charge in [0.2, 0.25) is 0 Å². The number of aliphatic hydroxyl groups is 1. The summed E-state index contributed by atoms with van der Waals surface area (Å²) in [7, 11) is 1.88. The molecule has 2 rings (SSSR count). The molecule has 0 spiro atoms. The molecule has 88 valence electrons. The van der Waals surface area contributed by atoms with Gasteiger partial charge in [-0.2, -0.15) is 0 Å². The third-order valence-corrected chi connectivity index (χ3v) is 3.76. The summed E-state index contributed by atoms with van der Waals surface area (Å²) in [6, 6.07) is 3.64. The van der Waals surface area contributed by atoms with Gasteiger partial charge in [-0.3, -0.25) is 0 Å². The molecule has 1 unspecified atom stereocenters. The van der Waals surface area contributed by atoms with Crippen LogP contribution in [-0.4, -0.2) is 30.8 Å². The van der Waals surface area contributed by atoms with Crippen molar-refractivity contribution in [2.45, 2.75) is 12.0 Å². The number of likely N-dealkylation sites (N-methyl/N-ethyl adjacent to an activating group) is 1. The fourth-order valence-electron chi connectivity index (χ4n) is 2.20. The van der Waals surface area contributed by atoms with Gasteiger partial charge in [0.25, 0.3) is 0 Å². The molecule has 0 fully saturated rings. The van der Waals surface area contributed by atoms with E-state index in [1.165, 1.54) is 0 Å². The van der Waals surface area contributed by atoms with Crippen LogP contribution in [0.15, 0.2) is 12.1 Å². The van der Waals surface area contributed by atoms with Gasteiger partial charge < -0.3 is 15.7 Å². The Kier molecular flexibility index (Phi) is 3.05. The number of halogens is 2. The van der Waals surface area contributed by atoms with Crippen LogP contribution in [0, 0.1) is 0 Å². The van der Waals surface area contributed by atoms with Crippen molar-refractivity contribution in [3.8, 4) is 0 Å². The number of anilines is 1. The number of benzene rings is 1. The number of nitrogens with two attached hydrogens (primary N) is 1. The van der Waals surface area contributed by atoms with E-state index in [2.05, 4.69) is 0 Å². The van der Waals surface area contributed by atoms with E-state index < -0.39 is 5.60 Å². The minimum absolute atomic E-state index is 0.233. The molecule has 1 atom stereocenters. The molecular formula is C11H14Cl2N2O. The van der Waals surface area contributed by atoms with Crippen LogP contribution in [-0.2, 0) is 6.42 Å². The molecule has 0 amide bonds. The standard InChI is InChI=1S/C11H14Cl2N2O/c1-15-6-11(16,5-14)4-7-2-3-8(12)9(13)10(7)15/h2-3,16H,4-6,14H2,1H3. The van der Waals surface area contributed by atoms with Gasteiger partial charge in [0.05, 0.1) is 21.3 Å². The van der Waals surface area contributed by atoms with Crippen LogP contribution < -0.4 is 10.6 Å². The molecule has 1 aromatic rings. The maximum Gasteiger partial charge on any atom is 0.0983 e. The van der Waals surface area contributed by atoms with E-state index in [-0.39, 0.29) is 6.54 Å². The van der Waals surface area contributed by atoms with Crippen LogP contribution in [0.2, 0.25) is 10.0 Å². The first-order chi connectivity index (χ1) is 7.47. The molecule has 1 aliphatic heterocycles. The molecule has 0 bridgehead atoms. The second-order valence-electron chi connectivity index (χ2n) is 4.33. The Hall–Kier alpha value is -0.480. The van der Waals surface area contributed by atoms with Crippen LogP contribution in [0.25, 0.3) is 0 Å². The summed E-state index contributed by atoms with van der Waals surface area (Å²) >= 11 is 12.1. The normalized spacial score (nSPS) is 24.4. The Bertz CT molecular complexity index is 425. The van der Waals surface area contributed by atoms with Crippen molar-refractivity contribution in [3.63, 3.8) is 0 Å². The first-order valence-corrected chi connectivity index (χ1v) is 5.83. The highest BCUT2D eigenvalue weighted by atomic mass is 35.5. The van der Waals surface area contributed by atoms with Crippen molar-refractivity contribution < 1.29 is 5.11 Å². The zero-order valence-corrected chi connectivity index (χ0v) is 10.5. The molecule has 1 aliphatic rings. The highest BCUT2D eigenvalue weighted by Crippen LogP contribution is 2.40. The SMILES string of the molecule is CN1CC(O)(CN)Cc2ccc(Cl)c(Cl)c21. The Morgan fingerprint density at radius 2 is 2.19 bits per heavy atom. The third-order valence-electron chi connectivity index (χ3n) is 2.97. The van der Waals surface area contributed by atoms with Crippen molar-refractivity contribution in [2.24, 2.45) is 5.73 Å². The van der Waals surface area contributed by atoms with Crippen molar-refractivity contribution in [1.29, 1.82) is 0 Å². The lowest BCUT2D eigenvalue weighted by Crippen LogP contribution is -2.52. The second-order valence-corrected chi connectivity index (χ2v) is 5.12. The predicted molar refractivity (Wildman–Crippen MR) is 67.4 cm³/mol. The summed E-state index contributed by atoms with van der Waals surface area (Å²) < 4.78 is 0. The first-order valence-electron chi connectivity index (χ1n) is 5.07. The van der Waals surface area contributed by atoms with Crippen molar-refractivity contribution in [2.75, 3.05) is 25.0 Å². The van der Waals surface area contributed by atoms with Gasteiger partial charge in [-0.05, 0) is 11.6 Å². The van der Waals surface area contributed by atoms with E-state index in [0.717, 1.165) is 11.3 Å². The zero-order chi connectivity index (χ0) is 11.9. The van der Waals surface area contributed by atoms with Gasteiger partial charge in [-0.25, -0.2) is 0 Å². The molecule has 0 radical (unpaired) electrons. The summed E-state index contributed by atoms with van der Waals surface area (Å²) in [6.45, 7) is 0.702. The number of hydrogen-bond donors (Lipinski definition) is 2. The van der Waals surface area contributed by atoms with Crippen LogP contribution in [0.5, 0.6) is 0 Å². The van der Waals surface area contributed by atoms with E-state index in [9.17, 15) is 5.11 Å². The molecule has 3 N–H and O–H groups in total. The maximum atomic E-state index is 10.2. The van der Waals surface area contributed by atoms with E-state index in [4.69, 9.17) is 28.9 Å². The molecule has 5 heteroatoms. The van der Waals surface area contributed by atoms with Crippen molar-refractivity contribution in [1.82, 2.24) is 0 Å². The predicted octanol–water partition coefficient (Wildman–Crippen LogP) is 1.68. The Labute approximate surface area is 105 Å². The summed E-state index contributed by atoms with van der Waals surface area (Å²) in [5, 5.41) is 11.3. The van der Waals surface area contributed by atoms with Gasteiger partial charge in [0.15, 0.2) is 0 Å². The molecule has 1 heterocycles. The highest BCUT2D eigenvalue weighted by Gasteiger charge is 2.34. The van der Waals surface area contributed by atoms with Gasteiger partial charge in [-0.1, -0.05) is 29.3 Å². The second kappa shape index (κ2) is 4.08. The molecule has 3 nitrogen and oxygen atoms in total.